The molecule has 1 aromatic heterocycles. The molecule has 2 aromatic rings. The number of unbranched alkanes of at least 4 members (excludes halogenated alkanes) is 1. The molecule has 5 heteroatoms. The first-order valence-corrected chi connectivity index (χ1v) is 6.47. The van der Waals surface area contributed by atoms with Gasteiger partial charge < -0.3 is 9.84 Å². The van der Waals surface area contributed by atoms with E-state index in [0.29, 0.717) is 12.3 Å². The molecule has 0 amide bonds. The minimum atomic E-state index is -0.0591. The van der Waals surface area contributed by atoms with Crippen LogP contribution in [0.15, 0.2) is 30.5 Å². The van der Waals surface area contributed by atoms with E-state index in [1.807, 2.05) is 18.2 Å². The van der Waals surface area contributed by atoms with Crippen LogP contribution in [0.4, 0.5) is 0 Å². The van der Waals surface area contributed by atoms with Crippen LogP contribution in [0.25, 0.3) is 0 Å². The van der Waals surface area contributed by atoms with Crippen LogP contribution >= 0.6 is 0 Å². The van der Waals surface area contributed by atoms with Crippen molar-refractivity contribution in [2.75, 3.05) is 6.61 Å². The third-order valence-corrected chi connectivity index (χ3v) is 2.79. The van der Waals surface area contributed by atoms with Crippen LogP contribution in [0.5, 0.6) is 5.75 Å². The average Bonchev–Trinajstić information content (AvgIpc) is 2.86. The fraction of sp³-hybridized carbons (Fsp3) is 0.429. The molecule has 0 bridgehead atoms. The fourth-order valence-electron chi connectivity index (χ4n) is 1.79. The lowest BCUT2D eigenvalue weighted by atomic mass is 10.2. The summed E-state index contributed by atoms with van der Waals surface area (Å²) < 4.78 is 7.41. The van der Waals surface area contributed by atoms with Gasteiger partial charge in [-0.3, -0.25) is 4.68 Å². The lowest BCUT2D eigenvalue weighted by Crippen LogP contribution is -2.03. The van der Waals surface area contributed by atoms with Crippen molar-refractivity contribution in [1.29, 1.82) is 0 Å². The van der Waals surface area contributed by atoms with Crippen LogP contribution in [0, 0.1) is 6.92 Å². The van der Waals surface area contributed by atoms with Crippen molar-refractivity contribution in [3.63, 3.8) is 0 Å². The Morgan fingerprint density at radius 2 is 2.21 bits per heavy atom. The topological polar surface area (TPSA) is 60.2 Å². The zero-order valence-corrected chi connectivity index (χ0v) is 11.1. The highest BCUT2D eigenvalue weighted by Gasteiger charge is 1.99. The van der Waals surface area contributed by atoms with Crippen LogP contribution in [0.3, 0.4) is 0 Å². The minimum Gasteiger partial charge on any atom is -0.494 e. The number of aryl methyl sites for hydroxylation is 2. The average molecular weight is 261 g/mol. The second-order valence-corrected chi connectivity index (χ2v) is 4.50. The third kappa shape index (κ3) is 4.37. The second-order valence-electron chi connectivity index (χ2n) is 4.50. The van der Waals surface area contributed by atoms with Crippen LogP contribution in [-0.4, -0.2) is 26.7 Å². The number of hydrogen-bond donors (Lipinski definition) is 1. The molecule has 1 N–H and O–H groups in total. The first-order valence-electron chi connectivity index (χ1n) is 6.47. The van der Waals surface area contributed by atoms with Crippen LogP contribution < -0.4 is 4.74 Å². The highest BCUT2D eigenvalue weighted by molar-refractivity contribution is 5.27. The van der Waals surface area contributed by atoms with E-state index in [-0.39, 0.29) is 6.61 Å². The maximum atomic E-state index is 8.87. The number of hydrogen-bond acceptors (Lipinski definition) is 4. The summed E-state index contributed by atoms with van der Waals surface area (Å²) >= 11 is 0. The molecule has 0 unspecified atom stereocenters. The molecular weight excluding hydrogens is 242 g/mol. The lowest BCUT2D eigenvalue weighted by molar-refractivity contribution is 0.276. The molecule has 5 nitrogen and oxygen atoms in total. The Balaban J connectivity index is 1.64. The van der Waals surface area contributed by atoms with Gasteiger partial charge in [0, 0.05) is 6.54 Å². The standard InChI is InChI=1S/C14H19N3O2/c1-12-5-4-6-14(9-12)19-8-3-2-7-17-10-13(11-18)15-16-17/h4-6,9-10,18H,2-3,7-8,11H2,1H3. The SMILES string of the molecule is Cc1cccc(OCCCCn2cc(CO)nn2)c1. The normalized spacial score (nSPS) is 10.6. The van der Waals surface area contributed by atoms with Gasteiger partial charge >= 0.3 is 0 Å². The van der Waals surface area contributed by atoms with Gasteiger partial charge in [0.05, 0.1) is 19.4 Å². The van der Waals surface area contributed by atoms with Crippen LogP contribution in [0.1, 0.15) is 24.1 Å². The first kappa shape index (κ1) is 13.5. The summed E-state index contributed by atoms with van der Waals surface area (Å²) in [5.41, 5.74) is 1.81. The Morgan fingerprint density at radius 1 is 1.32 bits per heavy atom. The van der Waals surface area contributed by atoms with E-state index in [4.69, 9.17) is 9.84 Å². The molecule has 1 heterocycles. The van der Waals surface area contributed by atoms with Crippen molar-refractivity contribution in [3.05, 3.63) is 41.7 Å². The van der Waals surface area contributed by atoms with Gasteiger partial charge in [0.2, 0.25) is 0 Å². The molecule has 2 rings (SSSR count). The predicted octanol–water partition coefficient (Wildman–Crippen LogP) is 1.94. The summed E-state index contributed by atoms with van der Waals surface area (Å²) in [6.07, 6.45) is 3.70. The summed E-state index contributed by atoms with van der Waals surface area (Å²) in [6.45, 7) is 3.49. The first-order chi connectivity index (χ1) is 9.28. The van der Waals surface area contributed by atoms with E-state index in [1.165, 1.54) is 5.56 Å². The molecule has 102 valence electrons. The molecule has 0 fully saturated rings. The van der Waals surface area contributed by atoms with E-state index in [1.54, 1.807) is 10.9 Å². The monoisotopic (exact) mass is 261 g/mol. The summed E-state index contributed by atoms with van der Waals surface area (Å²) in [7, 11) is 0. The van der Waals surface area contributed by atoms with Gasteiger partial charge in [-0.25, -0.2) is 0 Å². The number of benzene rings is 1. The number of aromatic nitrogens is 3. The molecule has 19 heavy (non-hydrogen) atoms. The van der Waals surface area contributed by atoms with Gasteiger partial charge in [-0.15, -0.1) is 5.10 Å². The lowest BCUT2D eigenvalue weighted by Gasteiger charge is -2.06. The molecule has 0 spiro atoms. The predicted molar refractivity (Wildman–Crippen MR) is 71.9 cm³/mol. The van der Waals surface area contributed by atoms with Gasteiger partial charge in [-0.05, 0) is 37.5 Å². The van der Waals surface area contributed by atoms with E-state index in [0.717, 1.165) is 25.1 Å². The number of aliphatic hydroxyl groups is 1. The van der Waals surface area contributed by atoms with Crippen molar-refractivity contribution in [2.45, 2.75) is 32.9 Å². The van der Waals surface area contributed by atoms with Gasteiger partial charge in [0.15, 0.2) is 0 Å². The molecule has 0 aliphatic rings. The van der Waals surface area contributed by atoms with Crippen molar-refractivity contribution in [2.24, 2.45) is 0 Å². The van der Waals surface area contributed by atoms with E-state index in [9.17, 15) is 0 Å². The molecule has 0 saturated heterocycles. The Labute approximate surface area is 112 Å². The minimum absolute atomic E-state index is 0.0591. The number of aliphatic hydroxyl groups excluding tert-OH is 1. The van der Waals surface area contributed by atoms with Crippen molar-refractivity contribution in [1.82, 2.24) is 15.0 Å². The summed E-state index contributed by atoms with van der Waals surface area (Å²) in [4.78, 5) is 0. The number of ether oxygens (including phenoxy) is 1. The van der Waals surface area contributed by atoms with Gasteiger partial charge in [-0.2, -0.15) is 0 Å². The molecular formula is C14H19N3O2. The molecule has 0 aliphatic heterocycles. The molecule has 0 saturated carbocycles. The highest BCUT2D eigenvalue weighted by atomic mass is 16.5. The quantitative estimate of drug-likeness (QED) is 0.774. The molecule has 0 aliphatic carbocycles. The Bertz CT molecular complexity index is 511. The van der Waals surface area contributed by atoms with Gasteiger partial charge in [-0.1, -0.05) is 17.3 Å². The third-order valence-electron chi connectivity index (χ3n) is 2.79. The van der Waals surface area contributed by atoms with Gasteiger partial charge in [0.25, 0.3) is 0 Å². The zero-order valence-electron chi connectivity index (χ0n) is 11.1. The van der Waals surface area contributed by atoms with Crippen molar-refractivity contribution >= 4 is 0 Å². The largest absolute Gasteiger partial charge is 0.494 e. The van der Waals surface area contributed by atoms with E-state index >= 15 is 0 Å². The Hall–Kier alpha value is -1.88. The Morgan fingerprint density at radius 3 is 2.95 bits per heavy atom. The smallest absolute Gasteiger partial charge is 0.119 e. The maximum Gasteiger partial charge on any atom is 0.119 e. The molecule has 0 atom stereocenters. The number of rotatable bonds is 7. The summed E-state index contributed by atoms with van der Waals surface area (Å²) in [6, 6.07) is 8.05. The van der Waals surface area contributed by atoms with Crippen molar-refractivity contribution < 1.29 is 9.84 Å². The van der Waals surface area contributed by atoms with Gasteiger partial charge in [0.1, 0.15) is 11.4 Å². The fourth-order valence-corrected chi connectivity index (χ4v) is 1.79. The summed E-state index contributed by atoms with van der Waals surface area (Å²) in [5.74, 6) is 0.920. The zero-order chi connectivity index (χ0) is 13.5. The second kappa shape index (κ2) is 6.89. The maximum absolute atomic E-state index is 8.87. The molecule has 1 aromatic carbocycles. The van der Waals surface area contributed by atoms with Crippen LogP contribution in [-0.2, 0) is 13.2 Å². The highest BCUT2D eigenvalue weighted by Crippen LogP contribution is 2.12. The summed E-state index contributed by atoms with van der Waals surface area (Å²) in [5, 5.41) is 16.6. The Kier molecular flexibility index (Phi) is 4.92. The number of nitrogens with zero attached hydrogens (tertiary/aromatic N) is 3. The van der Waals surface area contributed by atoms with E-state index in [2.05, 4.69) is 23.3 Å². The van der Waals surface area contributed by atoms with Crippen LogP contribution in [0.2, 0.25) is 0 Å². The van der Waals surface area contributed by atoms with Crippen molar-refractivity contribution in [3.8, 4) is 5.75 Å². The molecule has 0 radical (unpaired) electrons. The van der Waals surface area contributed by atoms with E-state index < -0.39 is 0 Å².